The van der Waals surface area contributed by atoms with Gasteiger partial charge in [0.05, 0.1) is 12.0 Å². The molecule has 3 aromatic rings. The molecule has 0 heterocycles. The summed E-state index contributed by atoms with van der Waals surface area (Å²) < 4.78 is 0. The highest BCUT2D eigenvalue weighted by Crippen LogP contribution is 2.61. The zero-order valence-electron chi connectivity index (χ0n) is 16.0. The summed E-state index contributed by atoms with van der Waals surface area (Å²) >= 11 is 0. The minimum Gasteiger partial charge on any atom is -0.545 e. The van der Waals surface area contributed by atoms with Crippen LogP contribution in [0.5, 0.6) is 0 Å². The summed E-state index contributed by atoms with van der Waals surface area (Å²) in [4.78, 5) is 24.7. The molecule has 1 N–H and O–H groups in total. The Morgan fingerprint density at radius 2 is 1.53 bits per heavy atom. The third-order valence-corrected chi connectivity index (χ3v) is 6.34. The topological polar surface area (TPSA) is 93.0 Å². The first-order chi connectivity index (χ1) is 14.5. The molecule has 3 aliphatic rings. The van der Waals surface area contributed by atoms with Crippen LogP contribution in [-0.2, 0) is 4.79 Å². The van der Waals surface area contributed by atoms with Crippen molar-refractivity contribution in [2.24, 2.45) is 5.41 Å². The van der Waals surface area contributed by atoms with Crippen LogP contribution >= 0.6 is 0 Å². The molecule has 0 fully saturated rings. The normalized spacial score (nSPS) is 23.0. The van der Waals surface area contributed by atoms with E-state index in [1.165, 1.54) is 29.3 Å². The number of rotatable bonds is 3. The van der Waals surface area contributed by atoms with Crippen molar-refractivity contribution in [2.75, 3.05) is 5.32 Å². The molecular formula is C25H17N2O3-. The second-order valence-electron chi connectivity index (χ2n) is 7.85. The Balaban J connectivity index is 1.61. The standard InChI is InChI=1S/C25H18N2O3/c26-14-25(24(30)27-16-7-5-6-15(12-16)23(28)29)13-21-17-8-1-3-10-19(17)22(25)20-11-4-2-9-18(20)21/h1-12,21-22H,13H2,(H,27,30)(H,28,29)/p-1/t21?,22?,25-/m1/s1. The van der Waals surface area contributed by atoms with Crippen LogP contribution in [0, 0.1) is 16.7 Å². The molecule has 1 atom stereocenters. The molecule has 0 spiro atoms. The average molecular weight is 393 g/mol. The van der Waals surface area contributed by atoms with Crippen LogP contribution in [0.4, 0.5) is 5.69 Å². The lowest BCUT2D eigenvalue weighted by atomic mass is 9.52. The van der Waals surface area contributed by atoms with Crippen LogP contribution in [0.2, 0.25) is 0 Å². The Kier molecular flexibility index (Phi) is 3.97. The fourth-order valence-electron chi connectivity index (χ4n) is 5.06. The first-order valence-electron chi connectivity index (χ1n) is 9.77. The van der Waals surface area contributed by atoms with Crippen LogP contribution in [0.3, 0.4) is 0 Å². The van der Waals surface area contributed by atoms with Gasteiger partial charge in [-0.2, -0.15) is 5.26 Å². The van der Waals surface area contributed by atoms with Gasteiger partial charge in [-0.1, -0.05) is 60.7 Å². The van der Waals surface area contributed by atoms with E-state index < -0.39 is 17.3 Å². The number of nitrogens with one attached hydrogen (secondary N) is 1. The maximum Gasteiger partial charge on any atom is 0.245 e. The fourth-order valence-corrected chi connectivity index (χ4v) is 5.06. The van der Waals surface area contributed by atoms with Crippen LogP contribution in [0.15, 0.2) is 72.8 Å². The number of aromatic carboxylic acids is 1. The van der Waals surface area contributed by atoms with Gasteiger partial charge in [0.15, 0.2) is 0 Å². The van der Waals surface area contributed by atoms with Gasteiger partial charge in [0.2, 0.25) is 5.91 Å². The summed E-state index contributed by atoms with van der Waals surface area (Å²) in [6.45, 7) is 0. The molecule has 5 heteroatoms. The van der Waals surface area contributed by atoms with E-state index in [2.05, 4.69) is 23.5 Å². The molecule has 1 amide bonds. The second-order valence-corrected chi connectivity index (χ2v) is 7.85. The number of fused-ring (bicyclic) bond motifs is 1. The van der Waals surface area contributed by atoms with Crippen molar-refractivity contribution in [3.63, 3.8) is 0 Å². The van der Waals surface area contributed by atoms with Crippen molar-refractivity contribution in [2.45, 2.75) is 18.3 Å². The van der Waals surface area contributed by atoms with Gasteiger partial charge in [-0.05, 0) is 46.4 Å². The zero-order chi connectivity index (χ0) is 20.9. The highest BCUT2D eigenvalue weighted by atomic mass is 16.4. The summed E-state index contributed by atoms with van der Waals surface area (Å²) in [5, 5.41) is 24.2. The van der Waals surface area contributed by atoms with Crippen molar-refractivity contribution in [1.29, 1.82) is 5.26 Å². The fraction of sp³-hybridized carbons (Fsp3) is 0.160. The van der Waals surface area contributed by atoms with E-state index in [0.29, 0.717) is 12.1 Å². The van der Waals surface area contributed by atoms with E-state index in [0.717, 1.165) is 11.1 Å². The Morgan fingerprint density at radius 3 is 2.10 bits per heavy atom. The zero-order valence-corrected chi connectivity index (χ0v) is 16.0. The highest BCUT2D eigenvalue weighted by Gasteiger charge is 2.57. The number of carbonyl (C=O) groups excluding carboxylic acids is 2. The number of carboxylic acids is 1. The molecule has 0 aromatic heterocycles. The van der Waals surface area contributed by atoms with Crippen LogP contribution in [0.1, 0.15) is 50.9 Å². The molecule has 0 saturated heterocycles. The first-order valence-corrected chi connectivity index (χ1v) is 9.77. The minimum atomic E-state index is -1.32. The molecule has 6 rings (SSSR count). The van der Waals surface area contributed by atoms with Gasteiger partial charge in [0, 0.05) is 17.5 Å². The van der Waals surface area contributed by atoms with E-state index in [1.54, 1.807) is 6.07 Å². The number of nitriles is 1. The smallest absolute Gasteiger partial charge is 0.245 e. The van der Waals surface area contributed by atoms with Crippen molar-refractivity contribution in [3.8, 4) is 6.07 Å². The van der Waals surface area contributed by atoms with Crippen LogP contribution in [-0.4, -0.2) is 11.9 Å². The molecule has 3 aliphatic carbocycles. The third kappa shape index (κ3) is 2.47. The summed E-state index contributed by atoms with van der Waals surface area (Å²) in [5.74, 6) is -2.16. The van der Waals surface area contributed by atoms with Gasteiger partial charge in [-0.15, -0.1) is 0 Å². The third-order valence-electron chi connectivity index (χ3n) is 6.34. The number of nitrogens with zero attached hydrogens (tertiary/aromatic N) is 1. The quantitative estimate of drug-likeness (QED) is 0.740. The largest absolute Gasteiger partial charge is 0.545 e. The molecule has 5 nitrogen and oxygen atoms in total. The molecule has 2 bridgehead atoms. The predicted octanol–water partition coefficient (Wildman–Crippen LogP) is 3.18. The van der Waals surface area contributed by atoms with E-state index in [4.69, 9.17) is 0 Å². The van der Waals surface area contributed by atoms with Crippen LogP contribution in [0.25, 0.3) is 0 Å². The lowest BCUT2D eigenvalue weighted by molar-refractivity contribution is -0.255. The maximum atomic E-state index is 13.5. The molecule has 3 aromatic carbocycles. The van der Waals surface area contributed by atoms with Gasteiger partial charge in [0.1, 0.15) is 5.41 Å². The van der Waals surface area contributed by atoms with Gasteiger partial charge < -0.3 is 15.2 Å². The summed E-state index contributed by atoms with van der Waals surface area (Å²) in [7, 11) is 0. The van der Waals surface area contributed by atoms with Crippen molar-refractivity contribution in [3.05, 3.63) is 101 Å². The molecule has 0 radical (unpaired) electrons. The maximum absolute atomic E-state index is 13.5. The van der Waals surface area contributed by atoms with E-state index in [9.17, 15) is 20.0 Å². The summed E-state index contributed by atoms with van der Waals surface area (Å²) in [6, 6.07) is 24.2. The molecule has 30 heavy (non-hydrogen) atoms. The number of hydrogen-bond acceptors (Lipinski definition) is 4. The van der Waals surface area contributed by atoms with E-state index >= 15 is 0 Å². The SMILES string of the molecule is N#C[C@]1(C(=O)Nc2cccc(C(=O)[O-])c2)CC2c3ccccc3C1c1ccccc12. The molecule has 146 valence electrons. The Labute approximate surface area is 173 Å². The van der Waals surface area contributed by atoms with Gasteiger partial charge >= 0.3 is 0 Å². The Hall–Kier alpha value is -3.91. The predicted molar refractivity (Wildman–Crippen MR) is 109 cm³/mol. The lowest BCUT2D eigenvalue weighted by Crippen LogP contribution is -2.48. The first kappa shape index (κ1) is 18.1. The number of hydrogen-bond donors (Lipinski definition) is 1. The summed E-state index contributed by atoms with van der Waals surface area (Å²) in [5.41, 5.74) is 3.36. The Morgan fingerprint density at radius 1 is 0.933 bits per heavy atom. The van der Waals surface area contributed by atoms with Gasteiger partial charge in [0.25, 0.3) is 0 Å². The van der Waals surface area contributed by atoms with Gasteiger partial charge in [-0.25, -0.2) is 0 Å². The molecular weight excluding hydrogens is 376 g/mol. The molecule has 0 unspecified atom stereocenters. The van der Waals surface area contributed by atoms with E-state index in [1.807, 2.05) is 36.4 Å². The lowest BCUT2D eigenvalue weighted by Gasteiger charge is -2.48. The number of benzene rings is 3. The van der Waals surface area contributed by atoms with Crippen molar-refractivity contribution in [1.82, 2.24) is 0 Å². The monoisotopic (exact) mass is 393 g/mol. The van der Waals surface area contributed by atoms with Crippen molar-refractivity contribution < 1.29 is 14.7 Å². The van der Waals surface area contributed by atoms with Crippen LogP contribution < -0.4 is 10.4 Å². The highest BCUT2D eigenvalue weighted by molar-refractivity contribution is 6.00. The second kappa shape index (κ2) is 6.57. The molecule has 0 aliphatic heterocycles. The Bertz CT molecular complexity index is 1200. The van der Waals surface area contributed by atoms with Crippen molar-refractivity contribution >= 4 is 17.6 Å². The van der Waals surface area contributed by atoms with E-state index in [-0.39, 0.29) is 17.4 Å². The summed E-state index contributed by atoms with van der Waals surface area (Å²) in [6.07, 6.45) is 0.383. The number of carboxylic acid groups (broad SMARTS) is 1. The average Bonchev–Trinajstić information content (AvgIpc) is 2.79. The number of anilines is 1. The van der Waals surface area contributed by atoms with Gasteiger partial charge in [-0.3, -0.25) is 4.79 Å². The molecule has 0 saturated carbocycles. The minimum absolute atomic E-state index is 0.0281. The number of amides is 1. The number of carbonyl (C=O) groups is 2.